The molecule has 0 bridgehead atoms. The summed E-state index contributed by atoms with van der Waals surface area (Å²) in [6, 6.07) is 10.3. The first-order chi connectivity index (χ1) is 13.6. The van der Waals surface area contributed by atoms with Crippen molar-refractivity contribution >= 4 is 22.5 Å². The van der Waals surface area contributed by atoms with Crippen LogP contribution < -0.4 is 0 Å². The van der Waals surface area contributed by atoms with Crippen molar-refractivity contribution in [3.63, 3.8) is 0 Å². The fourth-order valence-corrected chi connectivity index (χ4v) is 4.63. The van der Waals surface area contributed by atoms with Crippen molar-refractivity contribution in [3.8, 4) is 0 Å². The van der Waals surface area contributed by atoms with E-state index in [0.29, 0.717) is 18.8 Å². The second kappa shape index (κ2) is 6.55. The van der Waals surface area contributed by atoms with E-state index < -0.39 is 0 Å². The molecular weight excluding hydrogens is 354 g/mol. The second-order valence-corrected chi connectivity index (χ2v) is 7.76. The van der Waals surface area contributed by atoms with Crippen LogP contribution in [0.25, 0.3) is 10.8 Å². The molecule has 6 heteroatoms. The minimum Gasteiger partial charge on any atom is -0.336 e. The summed E-state index contributed by atoms with van der Waals surface area (Å²) in [5.41, 5.74) is 4.15. The smallest absolute Gasteiger partial charge is 0.278 e. The molecule has 0 saturated carbocycles. The molecule has 3 aromatic rings. The number of carbonyl (C=O) groups is 2. The lowest BCUT2D eigenvalue weighted by Crippen LogP contribution is -2.42. The van der Waals surface area contributed by atoms with Crippen molar-refractivity contribution in [1.82, 2.24) is 15.2 Å². The van der Waals surface area contributed by atoms with Crippen LogP contribution in [0, 0.1) is 12.8 Å². The molecule has 1 saturated heterocycles. The highest BCUT2D eigenvalue weighted by Gasteiger charge is 2.32. The van der Waals surface area contributed by atoms with Gasteiger partial charge < -0.3 is 4.90 Å². The number of aromatic nitrogens is 2. The predicted molar refractivity (Wildman–Crippen MR) is 103 cm³/mol. The zero-order chi connectivity index (χ0) is 19.3. The van der Waals surface area contributed by atoms with E-state index in [4.69, 9.17) is 0 Å². The van der Waals surface area contributed by atoms with Gasteiger partial charge in [0.15, 0.2) is 11.5 Å². The lowest BCUT2D eigenvalue weighted by Gasteiger charge is -2.31. The summed E-state index contributed by atoms with van der Waals surface area (Å²) in [6.45, 7) is 2.73. The quantitative estimate of drug-likeness (QED) is 0.656. The standard InChI is InChI=1S/C22H21N3O3/c1-13-20(24-28-23-13)22(27)25-11-3-5-16(12-25)21(26)18-10-9-15-8-7-14-4-2-6-17(18)19(14)15/h2,4,6,9-10,16H,3,5,7-8,11-12H2,1H3/t16-/m0/s1. The van der Waals surface area contributed by atoms with Gasteiger partial charge in [0.05, 0.1) is 0 Å². The van der Waals surface area contributed by atoms with Gasteiger partial charge in [0.25, 0.3) is 5.91 Å². The van der Waals surface area contributed by atoms with Crippen molar-refractivity contribution < 1.29 is 14.2 Å². The van der Waals surface area contributed by atoms with Crippen LogP contribution in [-0.4, -0.2) is 40.0 Å². The number of benzene rings is 2. The number of ketones is 1. The maximum absolute atomic E-state index is 13.4. The molecule has 28 heavy (non-hydrogen) atoms. The van der Waals surface area contributed by atoms with E-state index in [0.717, 1.165) is 36.6 Å². The Labute approximate surface area is 162 Å². The van der Waals surface area contributed by atoms with Crippen LogP contribution in [0.4, 0.5) is 0 Å². The Bertz CT molecular complexity index is 1090. The molecule has 1 fully saturated rings. The van der Waals surface area contributed by atoms with Gasteiger partial charge >= 0.3 is 0 Å². The molecule has 2 aliphatic rings. The maximum atomic E-state index is 13.4. The molecule has 5 rings (SSSR count). The first-order valence-electron chi connectivity index (χ1n) is 9.79. The molecule has 2 heterocycles. The molecule has 1 aliphatic carbocycles. The summed E-state index contributed by atoms with van der Waals surface area (Å²) in [6.07, 6.45) is 3.68. The zero-order valence-electron chi connectivity index (χ0n) is 15.8. The van der Waals surface area contributed by atoms with Gasteiger partial charge in [0.2, 0.25) is 0 Å². The van der Waals surface area contributed by atoms with Gasteiger partial charge in [-0.3, -0.25) is 9.59 Å². The van der Waals surface area contributed by atoms with E-state index >= 15 is 0 Å². The second-order valence-electron chi connectivity index (χ2n) is 7.76. The van der Waals surface area contributed by atoms with E-state index in [2.05, 4.69) is 33.1 Å². The van der Waals surface area contributed by atoms with E-state index in [1.165, 1.54) is 16.5 Å². The van der Waals surface area contributed by atoms with E-state index in [9.17, 15) is 9.59 Å². The highest BCUT2D eigenvalue weighted by Crippen LogP contribution is 2.34. The van der Waals surface area contributed by atoms with Crippen LogP contribution in [0.1, 0.15) is 50.5 Å². The van der Waals surface area contributed by atoms with Gasteiger partial charge in [0, 0.05) is 24.6 Å². The summed E-state index contributed by atoms with van der Waals surface area (Å²) in [7, 11) is 0. The number of nitrogens with zero attached hydrogens (tertiary/aromatic N) is 3. The fraction of sp³-hybridized carbons (Fsp3) is 0.364. The van der Waals surface area contributed by atoms with Gasteiger partial charge in [-0.05, 0) is 59.7 Å². The summed E-state index contributed by atoms with van der Waals surface area (Å²) in [5, 5.41) is 9.72. The topological polar surface area (TPSA) is 76.3 Å². The highest BCUT2D eigenvalue weighted by atomic mass is 16.6. The summed E-state index contributed by atoms with van der Waals surface area (Å²) in [5.74, 6) is -0.281. The van der Waals surface area contributed by atoms with Crippen molar-refractivity contribution in [1.29, 1.82) is 0 Å². The van der Waals surface area contributed by atoms with Crippen LogP contribution >= 0.6 is 0 Å². The molecule has 0 N–H and O–H groups in total. The summed E-state index contributed by atoms with van der Waals surface area (Å²) < 4.78 is 4.66. The van der Waals surface area contributed by atoms with Crippen molar-refractivity contribution in [2.45, 2.75) is 32.6 Å². The van der Waals surface area contributed by atoms with Crippen molar-refractivity contribution in [2.75, 3.05) is 13.1 Å². The van der Waals surface area contributed by atoms with Crippen LogP contribution in [-0.2, 0) is 12.8 Å². The third-order valence-electron chi connectivity index (χ3n) is 6.08. The van der Waals surface area contributed by atoms with E-state index in [-0.39, 0.29) is 23.3 Å². The molecule has 1 amide bonds. The Morgan fingerprint density at radius 2 is 1.93 bits per heavy atom. The first-order valence-corrected chi connectivity index (χ1v) is 9.79. The van der Waals surface area contributed by atoms with Gasteiger partial charge in [-0.25, -0.2) is 4.63 Å². The van der Waals surface area contributed by atoms with Crippen LogP contribution in [0.5, 0.6) is 0 Å². The van der Waals surface area contributed by atoms with Crippen LogP contribution in [0.15, 0.2) is 35.0 Å². The number of rotatable bonds is 3. The normalized spacial score (nSPS) is 18.6. The maximum Gasteiger partial charge on any atom is 0.278 e. The Kier molecular flexibility index (Phi) is 4.00. The lowest BCUT2D eigenvalue weighted by molar-refractivity contribution is 0.0628. The molecule has 1 atom stereocenters. The van der Waals surface area contributed by atoms with E-state index in [1.54, 1.807) is 11.8 Å². The molecule has 142 valence electrons. The average Bonchev–Trinajstić information content (AvgIpc) is 3.35. The largest absolute Gasteiger partial charge is 0.336 e. The van der Waals surface area contributed by atoms with Gasteiger partial charge in [-0.15, -0.1) is 0 Å². The average molecular weight is 375 g/mol. The molecule has 1 aromatic heterocycles. The van der Waals surface area contributed by atoms with Gasteiger partial charge in [-0.1, -0.05) is 35.5 Å². The van der Waals surface area contributed by atoms with Crippen molar-refractivity contribution in [3.05, 3.63) is 58.4 Å². The fourth-order valence-electron chi connectivity index (χ4n) is 4.63. The van der Waals surface area contributed by atoms with E-state index in [1.807, 2.05) is 12.1 Å². The summed E-state index contributed by atoms with van der Waals surface area (Å²) in [4.78, 5) is 27.8. The third kappa shape index (κ3) is 2.63. The third-order valence-corrected chi connectivity index (χ3v) is 6.08. The number of amides is 1. The van der Waals surface area contributed by atoms with Gasteiger partial charge in [0.1, 0.15) is 5.69 Å². The Morgan fingerprint density at radius 1 is 1.11 bits per heavy atom. The Morgan fingerprint density at radius 3 is 2.71 bits per heavy atom. The SMILES string of the molecule is Cc1nonc1C(=O)N1CCC[C@H](C(=O)c2ccc3c4c(cccc24)CC3)C1. The number of hydrogen-bond donors (Lipinski definition) is 0. The van der Waals surface area contributed by atoms with Gasteiger partial charge in [-0.2, -0.15) is 0 Å². The number of hydrogen-bond acceptors (Lipinski definition) is 5. The molecule has 2 aromatic carbocycles. The minimum absolute atomic E-state index is 0.128. The number of piperidine rings is 1. The number of Topliss-reactive ketones (excluding diaryl/α,β-unsaturated/α-hetero) is 1. The molecular formula is C22H21N3O3. The minimum atomic E-state index is -0.211. The monoisotopic (exact) mass is 375 g/mol. The molecule has 0 spiro atoms. The number of aryl methyl sites for hydroxylation is 3. The first kappa shape index (κ1) is 17.1. The molecule has 1 aliphatic heterocycles. The van der Waals surface area contributed by atoms with Crippen LogP contribution in [0.2, 0.25) is 0 Å². The van der Waals surface area contributed by atoms with Crippen molar-refractivity contribution in [2.24, 2.45) is 5.92 Å². The number of likely N-dealkylation sites (tertiary alicyclic amines) is 1. The lowest BCUT2D eigenvalue weighted by atomic mass is 9.87. The predicted octanol–water partition coefficient (Wildman–Crippen LogP) is 3.36. The zero-order valence-corrected chi connectivity index (χ0v) is 15.8. The molecule has 6 nitrogen and oxygen atoms in total. The molecule has 0 radical (unpaired) electrons. The van der Waals surface area contributed by atoms with Crippen LogP contribution in [0.3, 0.4) is 0 Å². The summed E-state index contributed by atoms with van der Waals surface area (Å²) >= 11 is 0. The Hall–Kier alpha value is -3.02. The highest BCUT2D eigenvalue weighted by molar-refractivity contribution is 6.11. The number of carbonyl (C=O) groups excluding carboxylic acids is 2. The Balaban J connectivity index is 1.44. The molecule has 0 unspecified atom stereocenters.